The molecule has 2 N–H and O–H groups in total. The second-order valence-corrected chi connectivity index (χ2v) is 5.39. The number of carbonyl (C=O) groups is 1. The largest absolute Gasteiger partial charge is 0.340 e. The number of nitrogens with one attached hydrogen (secondary N) is 2. The quantitative estimate of drug-likeness (QED) is 0.747. The van der Waals surface area contributed by atoms with Crippen molar-refractivity contribution in [2.24, 2.45) is 0 Å². The number of para-hydroxylation sites is 1. The summed E-state index contributed by atoms with van der Waals surface area (Å²) in [6, 6.07) is 19.0. The maximum absolute atomic E-state index is 12.3. The lowest BCUT2D eigenvalue weighted by Crippen LogP contribution is -2.19. The Morgan fingerprint density at radius 2 is 1.71 bits per heavy atom. The molecule has 3 aromatic rings. The molecule has 5 heteroatoms. The Kier molecular flexibility index (Phi) is 4.81. The SMILES string of the molecule is CC(C(=O)Nc1ccc(Nc2ccccc2)nc1)c1ccccn1. The first-order valence-corrected chi connectivity index (χ1v) is 7.72. The number of anilines is 3. The van der Waals surface area contributed by atoms with Crippen molar-refractivity contribution in [2.75, 3.05) is 10.6 Å². The first-order valence-electron chi connectivity index (χ1n) is 7.72. The minimum Gasteiger partial charge on any atom is -0.340 e. The standard InChI is InChI=1S/C19H18N4O/c1-14(17-9-5-6-12-20-17)19(24)23-16-10-11-18(21-13-16)22-15-7-3-2-4-8-15/h2-14H,1H3,(H,21,22)(H,23,24). The van der Waals surface area contributed by atoms with E-state index in [1.165, 1.54) is 0 Å². The average Bonchev–Trinajstić information content (AvgIpc) is 2.64. The van der Waals surface area contributed by atoms with E-state index < -0.39 is 0 Å². The van der Waals surface area contributed by atoms with Crippen LogP contribution in [0.15, 0.2) is 73.1 Å². The molecule has 3 rings (SSSR count). The van der Waals surface area contributed by atoms with Crippen molar-refractivity contribution < 1.29 is 4.79 Å². The third kappa shape index (κ3) is 3.95. The lowest BCUT2D eigenvalue weighted by atomic mass is 10.1. The highest BCUT2D eigenvalue weighted by molar-refractivity contribution is 5.95. The van der Waals surface area contributed by atoms with Gasteiger partial charge in [-0.15, -0.1) is 0 Å². The van der Waals surface area contributed by atoms with E-state index in [1.807, 2.05) is 67.6 Å². The van der Waals surface area contributed by atoms with Gasteiger partial charge >= 0.3 is 0 Å². The zero-order valence-electron chi connectivity index (χ0n) is 13.3. The van der Waals surface area contributed by atoms with E-state index in [2.05, 4.69) is 20.6 Å². The molecule has 1 aromatic carbocycles. The minimum absolute atomic E-state index is 0.112. The molecule has 1 unspecified atom stereocenters. The molecule has 0 bridgehead atoms. The molecule has 24 heavy (non-hydrogen) atoms. The van der Waals surface area contributed by atoms with E-state index in [1.54, 1.807) is 12.4 Å². The van der Waals surface area contributed by atoms with Gasteiger partial charge in [0.25, 0.3) is 0 Å². The van der Waals surface area contributed by atoms with Crippen molar-refractivity contribution in [3.8, 4) is 0 Å². The normalized spacial score (nSPS) is 11.5. The third-order valence-electron chi connectivity index (χ3n) is 3.60. The molecule has 1 atom stereocenters. The highest BCUT2D eigenvalue weighted by Crippen LogP contribution is 2.18. The molecular formula is C19H18N4O. The van der Waals surface area contributed by atoms with Crippen molar-refractivity contribution in [3.05, 3.63) is 78.8 Å². The van der Waals surface area contributed by atoms with Gasteiger partial charge in [0.2, 0.25) is 5.91 Å². The van der Waals surface area contributed by atoms with Crippen LogP contribution in [0.25, 0.3) is 0 Å². The topological polar surface area (TPSA) is 66.9 Å². The van der Waals surface area contributed by atoms with Crippen molar-refractivity contribution in [2.45, 2.75) is 12.8 Å². The first-order chi connectivity index (χ1) is 11.7. The molecule has 120 valence electrons. The zero-order valence-corrected chi connectivity index (χ0v) is 13.3. The van der Waals surface area contributed by atoms with Crippen LogP contribution < -0.4 is 10.6 Å². The third-order valence-corrected chi connectivity index (χ3v) is 3.60. The molecule has 0 aliphatic carbocycles. The Morgan fingerprint density at radius 3 is 2.38 bits per heavy atom. The van der Waals surface area contributed by atoms with Crippen LogP contribution in [0.3, 0.4) is 0 Å². The van der Waals surface area contributed by atoms with E-state index >= 15 is 0 Å². The number of hydrogen-bond donors (Lipinski definition) is 2. The summed E-state index contributed by atoms with van der Waals surface area (Å²) in [5.41, 5.74) is 2.36. The highest BCUT2D eigenvalue weighted by atomic mass is 16.1. The Hall–Kier alpha value is -3.21. The molecule has 1 amide bonds. The fourth-order valence-corrected chi connectivity index (χ4v) is 2.23. The molecule has 0 saturated heterocycles. The summed E-state index contributed by atoms with van der Waals surface area (Å²) in [4.78, 5) is 20.8. The monoisotopic (exact) mass is 318 g/mol. The molecule has 5 nitrogen and oxygen atoms in total. The van der Waals surface area contributed by atoms with Crippen LogP contribution in [-0.4, -0.2) is 15.9 Å². The summed E-state index contributed by atoms with van der Waals surface area (Å²) in [6.45, 7) is 1.83. The molecule has 0 fully saturated rings. The summed E-state index contributed by atoms with van der Waals surface area (Å²) in [6.07, 6.45) is 3.32. The molecule has 0 radical (unpaired) electrons. The van der Waals surface area contributed by atoms with Crippen LogP contribution in [0.2, 0.25) is 0 Å². The number of pyridine rings is 2. The predicted octanol–water partition coefficient (Wildman–Crippen LogP) is 3.96. The summed E-state index contributed by atoms with van der Waals surface area (Å²) in [7, 11) is 0. The molecule has 0 saturated carbocycles. The highest BCUT2D eigenvalue weighted by Gasteiger charge is 2.16. The molecule has 0 aliphatic heterocycles. The Bertz CT molecular complexity index is 789. The number of amides is 1. The van der Waals surface area contributed by atoms with E-state index in [0.29, 0.717) is 5.69 Å². The second-order valence-electron chi connectivity index (χ2n) is 5.39. The van der Waals surface area contributed by atoms with Crippen molar-refractivity contribution >= 4 is 23.1 Å². The van der Waals surface area contributed by atoms with Gasteiger partial charge in [0.05, 0.1) is 23.5 Å². The van der Waals surface area contributed by atoms with Crippen LogP contribution in [-0.2, 0) is 4.79 Å². The molecule has 2 heterocycles. The fourth-order valence-electron chi connectivity index (χ4n) is 2.23. The molecule has 2 aromatic heterocycles. The van der Waals surface area contributed by atoms with Crippen LogP contribution in [0.1, 0.15) is 18.5 Å². The van der Waals surface area contributed by atoms with E-state index in [0.717, 1.165) is 17.2 Å². The van der Waals surface area contributed by atoms with Crippen molar-refractivity contribution in [1.29, 1.82) is 0 Å². The Balaban J connectivity index is 1.62. The summed E-state index contributed by atoms with van der Waals surface area (Å²) in [5, 5.41) is 6.06. The van der Waals surface area contributed by atoms with Gasteiger partial charge in [-0.3, -0.25) is 9.78 Å². The second kappa shape index (κ2) is 7.37. The number of rotatable bonds is 5. The fraction of sp³-hybridized carbons (Fsp3) is 0.105. The molecule has 0 aliphatic rings. The van der Waals surface area contributed by atoms with Gasteiger partial charge in [0.15, 0.2) is 0 Å². The summed E-state index contributed by atoms with van der Waals surface area (Å²) in [5.74, 6) is 0.282. The minimum atomic E-state index is -0.326. The number of aromatic nitrogens is 2. The van der Waals surface area contributed by atoms with Gasteiger partial charge in [-0.1, -0.05) is 24.3 Å². The van der Waals surface area contributed by atoms with Gasteiger partial charge in [0, 0.05) is 11.9 Å². The zero-order chi connectivity index (χ0) is 16.8. The van der Waals surface area contributed by atoms with Crippen LogP contribution in [0.5, 0.6) is 0 Å². The number of benzene rings is 1. The van der Waals surface area contributed by atoms with Gasteiger partial charge in [-0.05, 0) is 43.3 Å². The van der Waals surface area contributed by atoms with E-state index in [4.69, 9.17) is 0 Å². The maximum atomic E-state index is 12.3. The lowest BCUT2D eigenvalue weighted by Gasteiger charge is -2.12. The average molecular weight is 318 g/mol. The van der Waals surface area contributed by atoms with Crippen LogP contribution in [0, 0.1) is 0 Å². The number of nitrogens with zero attached hydrogens (tertiary/aromatic N) is 2. The van der Waals surface area contributed by atoms with Gasteiger partial charge in [-0.2, -0.15) is 0 Å². The summed E-state index contributed by atoms with van der Waals surface area (Å²) >= 11 is 0. The van der Waals surface area contributed by atoms with E-state index in [-0.39, 0.29) is 11.8 Å². The number of hydrogen-bond acceptors (Lipinski definition) is 4. The lowest BCUT2D eigenvalue weighted by molar-refractivity contribution is -0.117. The smallest absolute Gasteiger partial charge is 0.233 e. The van der Waals surface area contributed by atoms with Gasteiger partial charge in [-0.25, -0.2) is 4.98 Å². The Labute approximate surface area is 140 Å². The predicted molar refractivity (Wildman–Crippen MR) is 95.2 cm³/mol. The molecular weight excluding hydrogens is 300 g/mol. The van der Waals surface area contributed by atoms with Crippen LogP contribution in [0.4, 0.5) is 17.2 Å². The van der Waals surface area contributed by atoms with Gasteiger partial charge < -0.3 is 10.6 Å². The van der Waals surface area contributed by atoms with Crippen LogP contribution >= 0.6 is 0 Å². The van der Waals surface area contributed by atoms with E-state index in [9.17, 15) is 4.79 Å². The Morgan fingerprint density at radius 1 is 0.917 bits per heavy atom. The number of carbonyl (C=O) groups excluding carboxylic acids is 1. The maximum Gasteiger partial charge on any atom is 0.233 e. The summed E-state index contributed by atoms with van der Waals surface area (Å²) < 4.78 is 0. The van der Waals surface area contributed by atoms with Crippen molar-refractivity contribution in [1.82, 2.24) is 9.97 Å². The van der Waals surface area contributed by atoms with Gasteiger partial charge in [0.1, 0.15) is 5.82 Å². The molecule has 0 spiro atoms. The van der Waals surface area contributed by atoms with Crippen molar-refractivity contribution in [3.63, 3.8) is 0 Å². The first kappa shape index (κ1) is 15.7.